The van der Waals surface area contributed by atoms with Gasteiger partial charge in [-0.3, -0.25) is 4.98 Å². The number of nitrogens with zero attached hydrogens (tertiary/aromatic N) is 5. The first kappa shape index (κ1) is 30.3. The lowest BCUT2D eigenvalue weighted by Crippen LogP contribution is -1.94. The van der Waals surface area contributed by atoms with Crippen molar-refractivity contribution in [1.29, 1.82) is 0 Å². The first-order valence-corrected chi connectivity index (χ1v) is 18.1. The van der Waals surface area contributed by atoms with Crippen molar-refractivity contribution in [3.05, 3.63) is 176 Å². The lowest BCUT2D eigenvalue weighted by atomic mass is 9.96. The first-order valence-electron chi connectivity index (χ1n) is 18.1. The van der Waals surface area contributed by atoms with Crippen molar-refractivity contribution in [1.82, 2.24) is 24.9 Å². The average Bonchev–Trinajstić information content (AvgIpc) is 3.26. The summed E-state index contributed by atoms with van der Waals surface area (Å²) in [5, 5.41) is 7.41. The van der Waals surface area contributed by atoms with E-state index in [1.807, 2.05) is 48.7 Å². The van der Waals surface area contributed by atoms with Gasteiger partial charge in [-0.25, -0.2) is 19.9 Å². The molecule has 6 aromatic carbocycles. The summed E-state index contributed by atoms with van der Waals surface area (Å²) in [5.74, 6) is 0. The highest BCUT2D eigenvalue weighted by Gasteiger charge is 2.17. The number of fused-ring (bicyclic) bond motifs is 10. The van der Waals surface area contributed by atoms with Crippen molar-refractivity contribution in [3.8, 4) is 45.0 Å². The summed E-state index contributed by atoms with van der Waals surface area (Å²) in [7, 11) is 0. The van der Waals surface area contributed by atoms with Gasteiger partial charge in [0.1, 0.15) is 0 Å². The van der Waals surface area contributed by atoms with Crippen LogP contribution in [0.15, 0.2) is 176 Å². The van der Waals surface area contributed by atoms with E-state index >= 15 is 0 Å². The van der Waals surface area contributed by atoms with E-state index in [1.165, 1.54) is 0 Å². The average molecular weight is 688 g/mol. The molecule has 5 heterocycles. The lowest BCUT2D eigenvalue weighted by molar-refractivity contribution is 1.36. The number of hydrogen-bond donors (Lipinski definition) is 0. The van der Waals surface area contributed by atoms with Gasteiger partial charge in [0, 0.05) is 66.2 Å². The van der Waals surface area contributed by atoms with Crippen LogP contribution in [0.3, 0.4) is 0 Å². The van der Waals surface area contributed by atoms with Gasteiger partial charge in [0.05, 0.1) is 50.4 Å². The predicted molar refractivity (Wildman–Crippen MR) is 222 cm³/mol. The van der Waals surface area contributed by atoms with Gasteiger partial charge in [0.15, 0.2) is 0 Å². The van der Waals surface area contributed by atoms with Gasteiger partial charge < -0.3 is 0 Å². The fourth-order valence-corrected chi connectivity index (χ4v) is 7.76. The monoisotopic (exact) mass is 687 g/mol. The Bertz CT molecular complexity index is 3250. The minimum Gasteiger partial charge on any atom is -0.253 e. The Labute approximate surface area is 310 Å². The summed E-state index contributed by atoms with van der Waals surface area (Å²) >= 11 is 0. The van der Waals surface area contributed by atoms with E-state index in [1.54, 1.807) is 0 Å². The SMILES string of the molecule is c1ccc(-c2ccc3ccc4ccc(-c5ccc(-c6nc7ccccc7c7cnc8c(ccc9ccc(-c%10ccccc%10)nc98)c67)cc5)nc4c3n2)cc1. The summed E-state index contributed by atoms with van der Waals surface area (Å²) in [4.78, 5) is 25.8. The van der Waals surface area contributed by atoms with Gasteiger partial charge >= 0.3 is 0 Å². The highest BCUT2D eigenvalue weighted by molar-refractivity contribution is 6.23. The molecular formula is C49H29N5. The molecule has 0 aliphatic carbocycles. The quantitative estimate of drug-likeness (QED) is 0.172. The number of benzene rings is 6. The van der Waals surface area contributed by atoms with Crippen molar-refractivity contribution in [2.24, 2.45) is 0 Å². The van der Waals surface area contributed by atoms with E-state index in [9.17, 15) is 0 Å². The molecule has 0 radical (unpaired) electrons. The minimum atomic E-state index is 0.865. The molecule has 11 rings (SSSR count). The minimum absolute atomic E-state index is 0.865. The zero-order valence-electron chi connectivity index (χ0n) is 29.0. The van der Waals surface area contributed by atoms with E-state index in [2.05, 4.69) is 127 Å². The second-order valence-electron chi connectivity index (χ2n) is 13.7. The third-order valence-electron chi connectivity index (χ3n) is 10.5. The largest absolute Gasteiger partial charge is 0.253 e. The van der Waals surface area contributed by atoms with E-state index in [4.69, 9.17) is 24.9 Å². The van der Waals surface area contributed by atoms with Crippen LogP contribution in [0.2, 0.25) is 0 Å². The number of pyridine rings is 5. The first-order chi connectivity index (χ1) is 26.7. The van der Waals surface area contributed by atoms with Crippen LogP contribution in [0, 0.1) is 0 Å². The van der Waals surface area contributed by atoms with Crippen LogP contribution in [-0.4, -0.2) is 24.9 Å². The molecule has 54 heavy (non-hydrogen) atoms. The molecule has 0 aliphatic rings. The molecule has 0 saturated carbocycles. The fraction of sp³-hybridized carbons (Fsp3) is 0. The molecule has 0 atom stereocenters. The van der Waals surface area contributed by atoms with Crippen LogP contribution in [-0.2, 0) is 0 Å². The molecule has 0 unspecified atom stereocenters. The summed E-state index contributed by atoms with van der Waals surface area (Å²) in [5.41, 5.74) is 12.3. The molecule has 0 N–H and O–H groups in total. The maximum Gasteiger partial charge on any atom is 0.0972 e. The molecule has 5 aromatic heterocycles. The Kier molecular flexibility index (Phi) is 6.79. The molecular weight excluding hydrogens is 659 g/mol. The van der Waals surface area contributed by atoms with Crippen molar-refractivity contribution in [2.75, 3.05) is 0 Å². The zero-order valence-corrected chi connectivity index (χ0v) is 29.0. The Balaban J connectivity index is 1.07. The maximum absolute atomic E-state index is 5.31. The van der Waals surface area contributed by atoms with Crippen LogP contribution in [0.5, 0.6) is 0 Å². The van der Waals surface area contributed by atoms with Crippen LogP contribution >= 0.6 is 0 Å². The number of hydrogen-bond acceptors (Lipinski definition) is 5. The summed E-state index contributed by atoms with van der Waals surface area (Å²) in [6, 6.07) is 58.7. The highest BCUT2D eigenvalue weighted by atomic mass is 14.8. The molecule has 0 saturated heterocycles. The van der Waals surface area contributed by atoms with Crippen molar-refractivity contribution in [3.63, 3.8) is 0 Å². The van der Waals surface area contributed by atoms with Crippen LogP contribution in [0.1, 0.15) is 0 Å². The topological polar surface area (TPSA) is 64.5 Å². The maximum atomic E-state index is 5.31. The molecule has 0 fully saturated rings. The molecule has 250 valence electrons. The number of rotatable bonds is 4. The summed E-state index contributed by atoms with van der Waals surface area (Å²) < 4.78 is 0. The summed E-state index contributed by atoms with van der Waals surface area (Å²) in [6.07, 6.45) is 2.00. The fourth-order valence-electron chi connectivity index (χ4n) is 7.76. The van der Waals surface area contributed by atoms with Crippen LogP contribution in [0.4, 0.5) is 0 Å². The van der Waals surface area contributed by atoms with Crippen molar-refractivity contribution in [2.45, 2.75) is 0 Å². The smallest absolute Gasteiger partial charge is 0.0972 e. The molecule has 5 heteroatoms. The predicted octanol–water partition coefficient (Wildman–Crippen LogP) is 12.2. The molecule has 0 amide bonds. The standard InChI is InChI=1S/C49H29N5/c1-3-9-30(10-4-1)40-26-22-34-19-20-35-23-28-42(52-47(35)46(34)51-40)32-15-17-33(18-16-32)45-44-38-25-21-36-24-27-41(31-11-5-2-6-12-31)53-48(36)49(38)50-29-39(44)37-13-7-8-14-43(37)54-45/h1-29H. The van der Waals surface area contributed by atoms with Crippen LogP contribution < -0.4 is 0 Å². The van der Waals surface area contributed by atoms with Gasteiger partial charge in [-0.1, -0.05) is 146 Å². The van der Waals surface area contributed by atoms with Gasteiger partial charge in [-0.15, -0.1) is 0 Å². The van der Waals surface area contributed by atoms with E-state index < -0.39 is 0 Å². The Morgan fingerprint density at radius 2 is 0.759 bits per heavy atom. The van der Waals surface area contributed by atoms with E-state index in [0.717, 1.165) is 110 Å². The Morgan fingerprint density at radius 3 is 1.35 bits per heavy atom. The van der Waals surface area contributed by atoms with Crippen molar-refractivity contribution < 1.29 is 0 Å². The zero-order chi connectivity index (χ0) is 35.6. The van der Waals surface area contributed by atoms with Gasteiger partial charge in [0.2, 0.25) is 0 Å². The summed E-state index contributed by atoms with van der Waals surface area (Å²) in [6.45, 7) is 0. The molecule has 0 aliphatic heterocycles. The van der Waals surface area contributed by atoms with Crippen LogP contribution in [0.25, 0.3) is 110 Å². The number of para-hydroxylation sites is 1. The van der Waals surface area contributed by atoms with E-state index in [0.29, 0.717) is 0 Å². The molecule has 0 bridgehead atoms. The normalized spacial score (nSPS) is 11.7. The second kappa shape index (κ2) is 12.1. The Morgan fingerprint density at radius 1 is 0.296 bits per heavy atom. The van der Waals surface area contributed by atoms with Gasteiger partial charge in [-0.05, 0) is 24.3 Å². The van der Waals surface area contributed by atoms with Gasteiger partial charge in [0.25, 0.3) is 0 Å². The second-order valence-corrected chi connectivity index (χ2v) is 13.7. The van der Waals surface area contributed by atoms with Gasteiger partial charge in [-0.2, -0.15) is 0 Å². The van der Waals surface area contributed by atoms with E-state index in [-0.39, 0.29) is 0 Å². The molecule has 5 nitrogen and oxygen atoms in total. The molecule has 0 spiro atoms. The third kappa shape index (κ3) is 4.90. The Hall–Kier alpha value is -7.37. The third-order valence-corrected chi connectivity index (χ3v) is 10.5. The van der Waals surface area contributed by atoms with Crippen molar-refractivity contribution >= 4 is 65.3 Å². The number of aromatic nitrogens is 5. The lowest BCUT2D eigenvalue weighted by Gasteiger charge is -2.14. The highest BCUT2D eigenvalue weighted by Crippen LogP contribution is 2.39. The molecule has 11 aromatic rings.